The molecule has 0 aromatic rings. The van der Waals surface area contributed by atoms with E-state index in [1.54, 1.807) is 0 Å². The normalized spacial score (nSPS) is 29.5. The summed E-state index contributed by atoms with van der Waals surface area (Å²) in [6.07, 6.45) is 5.05. The first-order valence-corrected chi connectivity index (χ1v) is 7.81. The van der Waals surface area contributed by atoms with Crippen LogP contribution in [0.25, 0.3) is 0 Å². The van der Waals surface area contributed by atoms with Gasteiger partial charge in [-0.05, 0) is 44.1 Å². The second kappa shape index (κ2) is 6.60. The Balaban J connectivity index is 1.64. The van der Waals surface area contributed by atoms with Crippen molar-refractivity contribution >= 4 is 5.96 Å². The van der Waals surface area contributed by atoms with Crippen LogP contribution in [0.1, 0.15) is 39.5 Å². The smallest absolute Gasteiger partial charge is 0.191 e. The van der Waals surface area contributed by atoms with Crippen LogP contribution in [0.2, 0.25) is 0 Å². The van der Waals surface area contributed by atoms with Crippen molar-refractivity contribution in [3.8, 4) is 0 Å². The number of guanidine groups is 1. The molecule has 2 atom stereocenters. The average Bonchev–Trinajstić information content (AvgIpc) is 3.16. The fourth-order valence-electron chi connectivity index (χ4n) is 3.22. The van der Waals surface area contributed by atoms with E-state index in [1.807, 2.05) is 0 Å². The molecule has 2 aliphatic rings. The molecule has 0 spiro atoms. The van der Waals surface area contributed by atoms with Gasteiger partial charge < -0.3 is 15.5 Å². The Morgan fingerprint density at radius 3 is 2.47 bits per heavy atom. The van der Waals surface area contributed by atoms with Crippen LogP contribution in [-0.2, 0) is 0 Å². The summed E-state index contributed by atoms with van der Waals surface area (Å²) < 4.78 is 0. The highest BCUT2D eigenvalue weighted by Crippen LogP contribution is 2.25. The lowest BCUT2D eigenvalue weighted by molar-refractivity contribution is 0.140. The molecular formula is C15H30N4. The SMILES string of the molecule is CC1CC(C)CN(CCCN=C(N)N(C)C2CC2)C1. The van der Waals surface area contributed by atoms with E-state index < -0.39 is 0 Å². The Morgan fingerprint density at radius 2 is 1.89 bits per heavy atom. The predicted octanol–water partition coefficient (Wildman–Crippen LogP) is 1.76. The Labute approximate surface area is 118 Å². The van der Waals surface area contributed by atoms with Gasteiger partial charge in [0, 0.05) is 32.7 Å². The zero-order chi connectivity index (χ0) is 13.8. The van der Waals surface area contributed by atoms with Crippen molar-refractivity contribution in [2.45, 2.75) is 45.6 Å². The maximum absolute atomic E-state index is 5.98. The lowest BCUT2D eigenvalue weighted by atomic mass is 9.92. The van der Waals surface area contributed by atoms with Gasteiger partial charge >= 0.3 is 0 Å². The first kappa shape index (κ1) is 14.6. The van der Waals surface area contributed by atoms with Crippen molar-refractivity contribution in [1.29, 1.82) is 0 Å². The summed E-state index contributed by atoms with van der Waals surface area (Å²) in [7, 11) is 2.06. The summed E-state index contributed by atoms with van der Waals surface area (Å²) >= 11 is 0. The summed E-state index contributed by atoms with van der Waals surface area (Å²) in [6.45, 7) is 9.27. The predicted molar refractivity (Wildman–Crippen MR) is 81.3 cm³/mol. The van der Waals surface area contributed by atoms with Gasteiger partial charge in [0.1, 0.15) is 0 Å². The molecule has 0 aromatic heterocycles. The monoisotopic (exact) mass is 266 g/mol. The molecule has 19 heavy (non-hydrogen) atoms. The van der Waals surface area contributed by atoms with Crippen LogP contribution in [0.4, 0.5) is 0 Å². The van der Waals surface area contributed by atoms with E-state index in [1.165, 1.54) is 38.9 Å². The number of hydrogen-bond donors (Lipinski definition) is 1. The third-order valence-electron chi connectivity index (χ3n) is 4.31. The van der Waals surface area contributed by atoms with Crippen molar-refractivity contribution < 1.29 is 0 Å². The molecule has 4 nitrogen and oxygen atoms in total. The number of rotatable bonds is 5. The molecule has 2 unspecified atom stereocenters. The van der Waals surface area contributed by atoms with Gasteiger partial charge in [0.25, 0.3) is 0 Å². The van der Waals surface area contributed by atoms with Crippen LogP contribution < -0.4 is 5.73 Å². The Kier molecular flexibility index (Phi) is 5.08. The van der Waals surface area contributed by atoms with Gasteiger partial charge in [-0.3, -0.25) is 4.99 Å². The molecule has 2 N–H and O–H groups in total. The van der Waals surface area contributed by atoms with E-state index in [0.717, 1.165) is 30.8 Å². The summed E-state index contributed by atoms with van der Waals surface area (Å²) in [5.74, 6) is 2.42. The minimum Gasteiger partial charge on any atom is -0.370 e. The molecular weight excluding hydrogens is 236 g/mol. The summed E-state index contributed by atoms with van der Waals surface area (Å²) in [5.41, 5.74) is 5.98. The van der Waals surface area contributed by atoms with Crippen LogP contribution >= 0.6 is 0 Å². The standard InChI is InChI=1S/C15H30N4/c1-12-9-13(2)11-19(10-12)8-4-7-17-15(16)18(3)14-5-6-14/h12-14H,4-11H2,1-3H3,(H2,16,17). The first-order valence-electron chi connectivity index (χ1n) is 7.81. The van der Waals surface area contributed by atoms with E-state index in [2.05, 4.69) is 35.7 Å². The molecule has 0 bridgehead atoms. The molecule has 4 heteroatoms. The molecule has 2 fully saturated rings. The Morgan fingerprint density at radius 1 is 1.26 bits per heavy atom. The van der Waals surface area contributed by atoms with Crippen molar-refractivity contribution in [1.82, 2.24) is 9.80 Å². The van der Waals surface area contributed by atoms with Crippen LogP contribution in [0, 0.1) is 11.8 Å². The molecule has 2 rings (SSSR count). The first-order chi connectivity index (χ1) is 9.06. The van der Waals surface area contributed by atoms with Crippen molar-refractivity contribution in [2.75, 3.05) is 33.2 Å². The third-order valence-corrected chi connectivity index (χ3v) is 4.31. The van der Waals surface area contributed by atoms with E-state index in [-0.39, 0.29) is 0 Å². The maximum Gasteiger partial charge on any atom is 0.191 e. The topological polar surface area (TPSA) is 44.9 Å². The highest BCUT2D eigenvalue weighted by molar-refractivity contribution is 5.78. The zero-order valence-electron chi connectivity index (χ0n) is 12.8. The number of piperidine rings is 1. The number of likely N-dealkylation sites (tertiary alicyclic amines) is 1. The van der Waals surface area contributed by atoms with E-state index in [9.17, 15) is 0 Å². The lowest BCUT2D eigenvalue weighted by Gasteiger charge is -2.34. The number of aliphatic imine (C=N–C) groups is 1. The molecule has 1 aliphatic heterocycles. The molecule has 0 aromatic carbocycles. The highest BCUT2D eigenvalue weighted by atomic mass is 15.3. The van der Waals surface area contributed by atoms with Crippen LogP contribution in [-0.4, -0.2) is 55.0 Å². The molecule has 1 aliphatic carbocycles. The second-order valence-corrected chi connectivity index (χ2v) is 6.64. The summed E-state index contributed by atoms with van der Waals surface area (Å²) in [6, 6.07) is 0.660. The summed E-state index contributed by atoms with van der Waals surface area (Å²) in [5, 5.41) is 0. The Hall–Kier alpha value is -0.770. The largest absolute Gasteiger partial charge is 0.370 e. The van der Waals surface area contributed by atoms with Crippen molar-refractivity contribution in [2.24, 2.45) is 22.6 Å². The van der Waals surface area contributed by atoms with Gasteiger partial charge in [-0.2, -0.15) is 0 Å². The van der Waals surface area contributed by atoms with Gasteiger partial charge in [-0.15, -0.1) is 0 Å². The van der Waals surface area contributed by atoms with Gasteiger partial charge in [0.2, 0.25) is 0 Å². The molecule has 1 saturated carbocycles. The van der Waals surface area contributed by atoms with Crippen LogP contribution in [0.15, 0.2) is 4.99 Å². The molecule has 110 valence electrons. The van der Waals surface area contributed by atoms with E-state index >= 15 is 0 Å². The number of nitrogens with two attached hydrogens (primary N) is 1. The maximum atomic E-state index is 5.98. The van der Waals surface area contributed by atoms with Crippen molar-refractivity contribution in [3.05, 3.63) is 0 Å². The van der Waals surface area contributed by atoms with Crippen LogP contribution in [0.5, 0.6) is 0 Å². The lowest BCUT2D eigenvalue weighted by Crippen LogP contribution is -2.39. The van der Waals surface area contributed by atoms with Gasteiger partial charge in [0.05, 0.1) is 0 Å². The van der Waals surface area contributed by atoms with Crippen molar-refractivity contribution in [3.63, 3.8) is 0 Å². The second-order valence-electron chi connectivity index (χ2n) is 6.64. The van der Waals surface area contributed by atoms with E-state index in [0.29, 0.717) is 6.04 Å². The fourth-order valence-corrected chi connectivity index (χ4v) is 3.22. The molecule has 0 radical (unpaired) electrons. The fraction of sp³-hybridized carbons (Fsp3) is 0.933. The zero-order valence-corrected chi connectivity index (χ0v) is 12.8. The molecule has 1 saturated heterocycles. The minimum absolute atomic E-state index is 0.660. The highest BCUT2D eigenvalue weighted by Gasteiger charge is 2.27. The minimum atomic E-state index is 0.660. The van der Waals surface area contributed by atoms with Gasteiger partial charge in [-0.25, -0.2) is 0 Å². The third kappa shape index (κ3) is 4.68. The van der Waals surface area contributed by atoms with Crippen LogP contribution in [0.3, 0.4) is 0 Å². The number of nitrogens with zero attached hydrogens (tertiary/aromatic N) is 3. The average molecular weight is 266 g/mol. The quantitative estimate of drug-likeness (QED) is 0.468. The molecule has 0 amide bonds. The van der Waals surface area contributed by atoms with Gasteiger partial charge in [-0.1, -0.05) is 13.8 Å². The summed E-state index contributed by atoms with van der Waals surface area (Å²) in [4.78, 5) is 9.22. The number of hydrogen-bond acceptors (Lipinski definition) is 2. The van der Waals surface area contributed by atoms with E-state index in [4.69, 9.17) is 5.73 Å². The molecule has 1 heterocycles. The van der Waals surface area contributed by atoms with Gasteiger partial charge in [0.15, 0.2) is 5.96 Å². The Bertz CT molecular complexity index is 301.